The topological polar surface area (TPSA) is 49.8 Å². The zero-order valence-electron chi connectivity index (χ0n) is 14.9. The molecule has 1 saturated heterocycles. The summed E-state index contributed by atoms with van der Waals surface area (Å²) in [5, 5.41) is 10.2. The molecule has 4 saturated carbocycles. The standard InChI is InChI=1S/C20H30O3/c1-11-13-14(23-13)16(22)19(4)6-5-12-15-17(2,9-20(11,12)19)7-8-18(15,3)10-21/h11-15,21H,5-10H2,1-4H3/t11-,12-,13-,14-,15-,17+,18+,19-,20-/m0/s1. The minimum Gasteiger partial charge on any atom is -0.396 e. The first-order valence-electron chi connectivity index (χ1n) is 9.54. The average Bonchev–Trinajstić information content (AvgIpc) is 3.12. The molecule has 3 nitrogen and oxygen atoms in total. The number of fused-ring (bicyclic) bond motifs is 3. The molecule has 0 aromatic heterocycles. The van der Waals surface area contributed by atoms with E-state index in [1.807, 2.05) is 0 Å². The van der Waals surface area contributed by atoms with Gasteiger partial charge in [-0.25, -0.2) is 0 Å². The van der Waals surface area contributed by atoms with Gasteiger partial charge in [0.2, 0.25) is 0 Å². The molecule has 23 heavy (non-hydrogen) atoms. The molecule has 0 radical (unpaired) electrons. The van der Waals surface area contributed by atoms with Crippen LogP contribution < -0.4 is 0 Å². The van der Waals surface area contributed by atoms with E-state index >= 15 is 0 Å². The third-order valence-corrected chi connectivity index (χ3v) is 9.51. The van der Waals surface area contributed by atoms with E-state index in [4.69, 9.17) is 4.74 Å². The lowest BCUT2D eigenvalue weighted by atomic mass is 9.50. The van der Waals surface area contributed by atoms with Crippen LogP contribution in [0.4, 0.5) is 0 Å². The summed E-state index contributed by atoms with van der Waals surface area (Å²) in [6.07, 6.45) is 5.79. The number of Topliss-reactive ketones (excluding diaryl/α,β-unsaturated/α-hetero) is 1. The van der Waals surface area contributed by atoms with Crippen LogP contribution in [0.15, 0.2) is 0 Å². The number of ether oxygens (including phenoxy) is 1. The van der Waals surface area contributed by atoms with Crippen molar-refractivity contribution in [3.8, 4) is 0 Å². The number of hydrogen-bond acceptors (Lipinski definition) is 3. The predicted molar refractivity (Wildman–Crippen MR) is 86.7 cm³/mol. The second-order valence-electron chi connectivity index (χ2n) is 10.3. The van der Waals surface area contributed by atoms with Crippen LogP contribution in [-0.4, -0.2) is 29.7 Å². The van der Waals surface area contributed by atoms with Crippen LogP contribution in [0.5, 0.6) is 0 Å². The van der Waals surface area contributed by atoms with Gasteiger partial charge in [0, 0.05) is 12.0 Å². The molecule has 1 heterocycles. The lowest BCUT2D eigenvalue weighted by molar-refractivity contribution is -0.143. The van der Waals surface area contributed by atoms with Crippen molar-refractivity contribution in [2.24, 2.45) is 39.4 Å². The predicted octanol–water partition coefficient (Wildman–Crippen LogP) is 3.19. The fraction of sp³-hybridized carbons (Fsp3) is 0.950. The molecule has 0 unspecified atom stereocenters. The molecule has 5 rings (SSSR count). The zero-order valence-corrected chi connectivity index (χ0v) is 14.9. The van der Waals surface area contributed by atoms with Crippen LogP contribution in [0.25, 0.3) is 0 Å². The van der Waals surface area contributed by atoms with E-state index in [9.17, 15) is 9.90 Å². The van der Waals surface area contributed by atoms with E-state index < -0.39 is 0 Å². The number of carbonyl (C=O) groups is 1. The normalized spacial score (nSPS) is 66.0. The summed E-state index contributed by atoms with van der Waals surface area (Å²) in [7, 11) is 0. The SMILES string of the molecule is C[C@H]1[C@@H]2O[C@@H]2C(=O)[C@]2(C)CC[C@H]3[C@@H]4[C@@](C)(CO)CC[C@]4(C)C[C@]132. The third kappa shape index (κ3) is 1.34. The van der Waals surface area contributed by atoms with Crippen molar-refractivity contribution >= 4 is 5.78 Å². The molecule has 128 valence electrons. The molecule has 1 spiro atoms. The summed E-state index contributed by atoms with van der Waals surface area (Å²) >= 11 is 0. The number of ketones is 1. The van der Waals surface area contributed by atoms with Gasteiger partial charge in [-0.3, -0.25) is 4.79 Å². The van der Waals surface area contributed by atoms with Gasteiger partial charge < -0.3 is 9.84 Å². The quantitative estimate of drug-likeness (QED) is 0.755. The van der Waals surface area contributed by atoms with Crippen LogP contribution in [-0.2, 0) is 9.53 Å². The third-order valence-electron chi connectivity index (χ3n) is 9.51. The summed E-state index contributed by atoms with van der Waals surface area (Å²) in [6, 6.07) is 0. The molecule has 0 aromatic rings. The van der Waals surface area contributed by atoms with E-state index in [2.05, 4.69) is 27.7 Å². The number of hydrogen-bond donors (Lipinski definition) is 1. The van der Waals surface area contributed by atoms with Crippen molar-refractivity contribution in [1.29, 1.82) is 0 Å². The summed E-state index contributed by atoms with van der Waals surface area (Å²) < 4.78 is 5.84. The Hall–Kier alpha value is -0.410. The van der Waals surface area contributed by atoms with Crippen LogP contribution in [0, 0.1) is 39.4 Å². The van der Waals surface area contributed by atoms with E-state index in [-0.39, 0.29) is 28.5 Å². The maximum Gasteiger partial charge on any atom is 0.170 e. The minimum atomic E-state index is -0.196. The Morgan fingerprint density at radius 3 is 2.65 bits per heavy atom. The Kier molecular flexibility index (Phi) is 2.51. The summed E-state index contributed by atoms with van der Waals surface area (Å²) in [4.78, 5) is 13.1. The maximum atomic E-state index is 13.1. The summed E-state index contributed by atoms with van der Waals surface area (Å²) in [6.45, 7) is 9.65. The molecular weight excluding hydrogens is 288 g/mol. The number of carbonyl (C=O) groups excluding carboxylic acids is 1. The van der Waals surface area contributed by atoms with Crippen molar-refractivity contribution in [3.63, 3.8) is 0 Å². The Balaban J connectivity index is 1.68. The van der Waals surface area contributed by atoms with Crippen molar-refractivity contribution in [2.45, 2.75) is 72.0 Å². The molecule has 9 atom stereocenters. The van der Waals surface area contributed by atoms with E-state index in [1.54, 1.807) is 0 Å². The van der Waals surface area contributed by atoms with Crippen molar-refractivity contribution < 1.29 is 14.6 Å². The van der Waals surface area contributed by atoms with Crippen LogP contribution in [0.1, 0.15) is 59.8 Å². The largest absolute Gasteiger partial charge is 0.396 e. The summed E-state index contributed by atoms with van der Waals surface area (Å²) in [5.74, 6) is 2.03. The molecule has 1 aliphatic heterocycles. The van der Waals surface area contributed by atoms with Gasteiger partial charge in [-0.15, -0.1) is 0 Å². The van der Waals surface area contributed by atoms with Gasteiger partial charge in [0.1, 0.15) is 6.10 Å². The molecule has 4 aliphatic carbocycles. The van der Waals surface area contributed by atoms with Gasteiger partial charge in [0.25, 0.3) is 0 Å². The van der Waals surface area contributed by atoms with E-state index in [1.165, 1.54) is 19.3 Å². The first-order valence-corrected chi connectivity index (χ1v) is 9.54. The lowest BCUT2D eigenvalue weighted by Gasteiger charge is -2.51. The van der Waals surface area contributed by atoms with Crippen molar-refractivity contribution in [2.75, 3.05) is 6.61 Å². The Morgan fingerprint density at radius 1 is 1.22 bits per heavy atom. The molecule has 5 aliphatic rings. The number of aliphatic hydroxyl groups excluding tert-OH is 1. The fourth-order valence-electron chi connectivity index (χ4n) is 8.55. The smallest absolute Gasteiger partial charge is 0.170 e. The number of epoxide rings is 1. The molecule has 3 heteroatoms. The second-order valence-corrected chi connectivity index (χ2v) is 10.3. The first-order chi connectivity index (χ1) is 10.7. The van der Waals surface area contributed by atoms with Gasteiger partial charge >= 0.3 is 0 Å². The van der Waals surface area contributed by atoms with E-state index in [0.29, 0.717) is 35.6 Å². The van der Waals surface area contributed by atoms with Crippen LogP contribution >= 0.6 is 0 Å². The molecule has 0 aromatic carbocycles. The van der Waals surface area contributed by atoms with Crippen molar-refractivity contribution in [1.82, 2.24) is 0 Å². The monoisotopic (exact) mass is 318 g/mol. The van der Waals surface area contributed by atoms with E-state index in [0.717, 1.165) is 12.8 Å². The maximum absolute atomic E-state index is 13.1. The van der Waals surface area contributed by atoms with Gasteiger partial charge in [-0.05, 0) is 66.1 Å². The zero-order chi connectivity index (χ0) is 16.4. The van der Waals surface area contributed by atoms with Gasteiger partial charge in [0.15, 0.2) is 5.78 Å². The Bertz CT molecular complexity index is 602. The van der Waals surface area contributed by atoms with Crippen LogP contribution in [0.3, 0.4) is 0 Å². The van der Waals surface area contributed by atoms with Crippen LogP contribution in [0.2, 0.25) is 0 Å². The Labute approximate surface area is 139 Å². The van der Waals surface area contributed by atoms with Crippen molar-refractivity contribution in [3.05, 3.63) is 0 Å². The summed E-state index contributed by atoms with van der Waals surface area (Å²) in [5.41, 5.74) is 0.245. The highest BCUT2D eigenvalue weighted by Crippen LogP contribution is 2.81. The van der Waals surface area contributed by atoms with Gasteiger partial charge in [0.05, 0.1) is 6.10 Å². The first kappa shape index (κ1) is 14.9. The number of rotatable bonds is 1. The molecule has 0 bridgehead atoms. The molecule has 0 amide bonds. The minimum absolute atomic E-state index is 0.0399. The number of aliphatic hydroxyl groups is 1. The molecule has 1 N–H and O–H groups in total. The molecular formula is C20H30O3. The van der Waals surface area contributed by atoms with Gasteiger partial charge in [-0.1, -0.05) is 27.7 Å². The highest BCUT2D eigenvalue weighted by Gasteiger charge is 2.80. The highest BCUT2D eigenvalue weighted by molar-refractivity contribution is 5.93. The van der Waals surface area contributed by atoms with Gasteiger partial charge in [-0.2, -0.15) is 0 Å². The highest BCUT2D eigenvalue weighted by atomic mass is 16.6. The lowest BCUT2D eigenvalue weighted by Crippen LogP contribution is -2.55. The average molecular weight is 318 g/mol. The fourth-order valence-corrected chi connectivity index (χ4v) is 8.55. The second kappa shape index (κ2) is 3.88. The Morgan fingerprint density at radius 2 is 1.96 bits per heavy atom. The molecule has 5 fully saturated rings.